The van der Waals surface area contributed by atoms with Gasteiger partial charge in [-0.15, -0.1) is 0 Å². The third-order valence-corrected chi connectivity index (χ3v) is 2.83. The first-order chi connectivity index (χ1) is 9.43. The number of nitrogens with one attached hydrogen (secondary N) is 1. The second kappa shape index (κ2) is 5.01. The highest BCUT2D eigenvalue weighted by molar-refractivity contribution is 6.07. The number of hydrogen-bond donors (Lipinski definition) is 2. The molecule has 0 aliphatic carbocycles. The van der Waals surface area contributed by atoms with Gasteiger partial charge in [0.1, 0.15) is 17.6 Å². The third kappa shape index (κ3) is 2.31. The molecule has 2 aromatic rings. The van der Waals surface area contributed by atoms with Crippen LogP contribution in [-0.4, -0.2) is 15.7 Å². The number of nitrogens with zero attached hydrogens (tertiary/aromatic N) is 3. The second-order valence-electron chi connectivity index (χ2n) is 4.23. The van der Waals surface area contributed by atoms with E-state index in [1.54, 1.807) is 14.0 Å². The van der Waals surface area contributed by atoms with Gasteiger partial charge in [-0.05, 0) is 25.1 Å². The van der Waals surface area contributed by atoms with Crippen LogP contribution in [0.25, 0.3) is 0 Å². The number of hydrogen-bond acceptors (Lipinski definition) is 4. The molecule has 102 valence electrons. The highest BCUT2D eigenvalue weighted by atomic mass is 19.1. The SMILES string of the molecule is Cc1nn(C)c(C(=O)Nc2ccc(F)cc2C#N)c1N. The molecule has 0 fully saturated rings. The Morgan fingerprint density at radius 1 is 1.55 bits per heavy atom. The molecule has 7 heteroatoms. The summed E-state index contributed by atoms with van der Waals surface area (Å²) in [6, 6.07) is 5.35. The predicted octanol–water partition coefficient (Wildman–Crippen LogP) is 1.57. The Hall–Kier alpha value is -2.88. The molecule has 0 spiro atoms. The number of aryl methyl sites for hydroxylation is 2. The van der Waals surface area contributed by atoms with Crippen molar-refractivity contribution in [3.63, 3.8) is 0 Å². The number of carbonyl (C=O) groups excluding carboxylic acids is 1. The molecule has 2 rings (SSSR count). The normalized spacial score (nSPS) is 10.1. The Kier molecular flexibility index (Phi) is 3.39. The van der Waals surface area contributed by atoms with Crippen LogP contribution in [0.4, 0.5) is 15.8 Å². The first-order valence-corrected chi connectivity index (χ1v) is 5.74. The molecule has 1 aromatic carbocycles. The zero-order valence-electron chi connectivity index (χ0n) is 10.9. The molecule has 0 saturated carbocycles. The summed E-state index contributed by atoms with van der Waals surface area (Å²) in [5.74, 6) is -1.05. The molecule has 0 bridgehead atoms. The van der Waals surface area contributed by atoms with Crippen molar-refractivity contribution in [1.29, 1.82) is 5.26 Å². The summed E-state index contributed by atoms with van der Waals surface area (Å²) in [5.41, 5.74) is 7.04. The molecule has 6 nitrogen and oxygen atoms in total. The minimum atomic E-state index is -0.546. The fourth-order valence-electron chi connectivity index (χ4n) is 1.84. The van der Waals surface area contributed by atoms with Crippen LogP contribution >= 0.6 is 0 Å². The lowest BCUT2D eigenvalue weighted by molar-refractivity contribution is 0.101. The fourth-order valence-corrected chi connectivity index (χ4v) is 1.84. The standard InChI is InChI=1S/C13H12FN5O/c1-7-11(16)12(19(2)18-7)13(20)17-10-4-3-9(14)5-8(10)6-15/h3-5H,16H2,1-2H3,(H,17,20). The van der Waals surface area contributed by atoms with Gasteiger partial charge in [0.05, 0.1) is 22.6 Å². The maximum atomic E-state index is 13.0. The Labute approximate surface area is 114 Å². The van der Waals surface area contributed by atoms with E-state index >= 15 is 0 Å². The van der Waals surface area contributed by atoms with Crippen LogP contribution in [0.1, 0.15) is 21.7 Å². The number of amides is 1. The lowest BCUT2D eigenvalue weighted by atomic mass is 10.2. The fraction of sp³-hybridized carbons (Fsp3) is 0.154. The van der Waals surface area contributed by atoms with E-state index in [0.29, 0.717) is 5.69 Å². The van der Waals surface area contributed by atoms with E-state index in [4.69, 9.17) is 11.0 Å². The molecule has 3 N–H and O–H groups in total. The summed E-state index contributed by atoms with van der Waals surface area (Å²) in [6.07, 6.45) is 0. The zero-order chi connectivity index (χ0) is 14.9. The van der Waals surface area contributed by atoms with Crippen LogP contribution < -0.4 is 11.1 Å². The lowest BCUT2D eigenvalue weighted by Gasteiger charge is -2.08. The van der Waals surface area contributed by atoms with Gasteiger partial charge in [0.2, 0.25) is 0 Å². The van der Waals surface area contributed by atoms with Crippen LogP contribution in [0.2, 0.25) is 0 Å². The van der Waals surface area contributed by atoms with E-state index < -0.39 is 11.7 Å². The summed E-state index contributed by atoms with van der Waals surface area (Å²) in [7, 11) is 1.59. The van der Waals surface area contributed by atoms with Crippen molar-refractivity contribution in [2.75, 3.05) is 11.1 Å². The second-order valence-corrected chi connectivity index (χ2v) is 4.23. The molecule has 0 radical (unpaired) electrons. The van der Waals surface area contributed by atoms with Gasteiger partial charge >= 0.3 is 0 Å². The first kappa shape index (κ1) is 13.5. The molecule has 1 heterocycles. The van der Waals surface area contributed by atoms with E-state index in [2.05, 4.69) is 10.4 Å². The monoisotopic (exact) mass is 273 g/mol. The average Bonchev–Trinajstić information content (AvgIpc) is 2.65. The molecule has 0 aliphatic rings. The Morgan fingerprint density at radius 3 is 2.80 bits per heavy atom. The average molecular weight is 273 g/mol. The number of aromatic nitrogens is 2. The number of nitriles is 1. The molecule has 1 aromatic heterocycles. The van der Waals surface area contributed by atoms with Crippen LogP contribution in [0, 0.1) is 24.1 Å². The summed E-state index contributed by atoms with van der Waals surface area (Å²) in [6.45, 7) is 1.69. The number of anilines is 2. The first-order valence-electron chi connectivity index (χ1n) is 5.74. The quantitative estimate of drug-likeness (QED) is 0.868. The molecule has 0 aliphatic heterocycles. The summed E-state index contributed by atoms with van der Waals surface area (Å²) in [5, 5.41) is 15.5. The van der Waals surface area contributed by atoms with Gasteiger partial charge in [0.15, 0.2) is 0 Å². The lowest BCUT2D eigenvalue weighted by Crippen LogP contribution is -2.18. The molecule has 0 atom stereocenters. The van der Waals surface area contributed by atoms with E-state index in [-0.39, 0.29) is 22.6 Å². The van der Waals surface area contributed by atoms with E-state index in [1.807, 2.05) is 6.07 Å². The summed E-state index contributed by atoms with van der Waals surface area (Å²) >= 11 is 0. The minimum Gasteiger partial charge on any atom is -0.395 e. The number of nitrogens with two attached hydrogens (primary N) is 1. The Morgan fingerprint density at radius 2 is 2.25 bits per heavy atom. The molecule has 0 saturated heterocycles. The molecule has 20 heavy (non-hydrogen) atoms. The molecular formula is C13H12FN5O. The van der Waals surface area contributed by atoms with Crippen LogP contribution in [0.5, 0.6) is 0 Å². The number of halogens is 1. The van der Waals surface area contributed by atoms with Crippen LogP contribution in [0.3, 0.4) is 0 Å². The van der Waals surface area contributed by atoms with Gasteiger partial charge in [-0.1, -0.05) is 0 Å². The highest BCUT2D eigenvalue weighted by Crippen LogP contribution is 2.20. The van der Waals surface area contributed by atoms with Crippen molar-refractivity contribution in [3.8, 4) is 6.07 Å². The molecule has 0 unspecified atom stereocenters. The Balaban J connectivity index is 2.36. The van der Waals surface area contributed by atoms with Gasteiger partial charge in [0.25, 0.3) is 5.91 Å². The summed E-state index contributed by atoms with van der Waals surface area (Å²) in [4.78, 5) is 12.2. The largest absolute Gasteiger partial charge is 0.395 e. The van der Waals surface area contributed by atoms with E-state index in [1.165, 1.54) is 10.7 Å². The van der Waals surface area contributed by atoms with Gasteiger partial charge < -0.3 is 11.1 Å². The number of rotatable bonds is 2. The Bertz CT molecular complexity index is 729. The predicted molar refractivity (Wildman–Crippen MR) is 71.4 cm³/mol. The highest BCUT2D eigenvalue weighted by Gasteiger charge is 2.19. The van der Waals surface area contributed by atoms with Crippen molar-refractivity contribution in [1.82, 2.24) is 9.78 Å². The van der Waals surface area contributed by atoms with Crippen molar-refractivity contribution in [3.05, 3.63) is 41.0 Å². The number of nitrogen functional groups attached to an aromatic ring is 1. The van der Waals surface area contributed by atoms with Gasteiger partial charge in [-0.3, -0.25) is 9.48 Å². The van der Waals surface area contributed by atoms with Crippen molar-refractivity contribution < 1.29 is 9.18 Å². The molecule has 1 amide bonds. The van der Waals surface area contributed by atoms with Crippen LogP contribution in [0.15, 0.2) is 18.2 Å². The topological polar surface area (TPSA) is 96.7 Å². The number of carbonyl (C=O) groups is 1. The molecular weight excluding hydrogens is 261 g/mol. The van der Waals surface area contributed by atoms with Gasteiger partial charge in [0, 0.05) is 7.05 Å². The van der Waals surface area contributed by atoms with Crippen molar-refractivity contribution in [2.45, 2.75) is 6.92 Å². The smallest absolute Gasteiger partial charge is 0.276 e. The third-order valence-electron chi connectivity index (χ3n) is 2.83. The van der Waals surface area contributed by atoms with Gasteiger partial charge in [-0.2, -0.15) is 10.4 Å². The van der Waals surface area contributed by atoms with Crippen molar-refractivity contribution in [2.24, 2.45) is 7.05 Å². The van der Waals surface area contributed by atoms with Crippen LogP contribution in [-0.2, 0) is 7.05 Å². The minimum absolute atomic E-state index is 0.0378. The zero-order valence-corrected chi connectivity index (χ0v) is 10.9. The summed E-state index contributed by atoms with van der Waals surface area (Å²) < 4.78 is 14.4. The maximum Gasteiger partial charge on any atom is 0.276 e. The van der Waals surface area contributed by atoms with E-state index in [9.17, 15) is 9.18 Å². The maximum absolute atomic E-state index is 13.0. The number of benzene rings is 1. The van der Waals surface area contributed by atoms with Gasteiger partial charge in [-0.25, -0.2) is 4.39 Å². The van der Waals surface area contributed by atoms with Crippen molar-refractivity contribution >= 4 is 17.3 Å². The van der Waals surface area contributed by atoms with E-state index in [0.717, 1.165) is 12.1 Å².